The minimum absolute atomic E-state index is 0.153. The maximum atomic E-state index is 12.7. The zero-order chi connectivity index (χ0) is 22.0. The average Bonchev–Trinajstić information content (AvgIpc) is 3.09. The lowest BCUT2D eigenvalue weighted by atomic mass is 10.1. The van der Waals surface area contributed by atoms with Gasteiger partial charge in [0, 0.05) is 17.7 Å². The molecule has 0 saturated carbocycles. The van der Waals surface area contributed by atoms with Gasteiger partial charge in [-0.15, -0.1) is 0 Å². The number of methoxy groups -OCH3 is 2. The van der Waals surface area contributed by atoms with Gasteiger partial charge in [-0.25, -0.2) is 4.79 Å². The number of allylic oxidation sites excluding steroid dienone is 1. The van der Waals surface area contributed by atoms with Crippen molar-refractivity contribution in [1.29, 1.82) is 0 Å². The fourth-order valence-electron chi connectivity index (χ4n) is 3.17. The van der Waals surface area contributed by atoms with Crippen LogP contribution in [0.2, 0.25) is 0 Å². The first-order valence-corrected chi connectivity index (χ1v) is 9.57. The molecule has 0 bridgehead atoms. The molecule has 0 atom stereocenters. The Bertz CT molecular complexity index is 1190. The molecule has 1 aliphatic heterocycles. The van der Waals surface area contributed by atoms with Crippen molar-refractivity contribution in [2.75, 3.05) is 14.2 Å². The molecule has 0 radical (unpaired) electrons. The highest BCUT2D eigenvalue weighted by molar-refractivity contribution is 6.14. The van der Waals surface area contributed by atoms with E-state index < -0.39 is 5.97 Å². The molecule has 1 aliphatic rings. The molecule has 156 valence electrons. The van der Waals surface area contributed by atoms with E-state index in [9.17, 15) is 9.59 Å². The van der Waals surface area contributed by atoms with Crippen molar-refractivity contribution in [2.24, 2.45) is 0 Å². The number of fused-ring (bicyclic) bond motifs is 1. The van der Waals surface area contributed by atoms with Crippen molar-refractivity contribution in [1.82, 2.24) is 0 Å². The highest BCUT2D eigenvalue weighted by atomic mass is 16.5. The lowest BCUT2D eigenvalue weighted by Gasteiger charge is -2.08. The van der Waals surface area contributed by atoms with E-state index in [1.54, 1.807) is 55.7 Å². The van der Waals surface area contributed by atoms with Crippen LogP contribution in [0.4, 0.5) is 0 Å². The molecule has 0 N–H and O–H groups in total. The molecule has 31 heavy (non-hydrogen) atoms. The molecule has 1 heterocycles. The van der Waals surface area contributed by atoms with E-state index in [-0.39, 0.29) is 11.5 Å². The molecule has 4 rings (SSSR count). The van der Waals surface area contributed by atoms with Gasteiger partial charge in [0.15, 0.2) is 5.76 Å². The smallest absolute Gasteiger partial charge is 0.343 e. The van der Waals surface area contributed by atoms with Crippen molar-refractivity contribution in [3.05, 3.63) is 88.7 Å². The van der Waals surface area contributed by atoms with Crippen molar-refractivity contribution in [3.8, 4) is 23.0 Å². The zero-order valence-electron chi connectivity index (χ0n) is 17.3. The fourth-order valence-corrected chi connectivity index (χ4v) is 3.17. The summed E-state index contributed by atoms with van der Waals surface area (Å²) in [6, 6.07) is 17.0. The molecule has 3 aromatic rings. The molecule has 0 unspecified atom stereocenters. The van der Waals surface area contributed by atoms with Crippen LogP contribution < -0.4 is 18.9 Å². The van der Waals surface area contributed by atoms with Crippen LogP contribution >= 0.6 is 0 Å². The Labute approximate surface area is 179 Å². The van der Waals surface area contributed by atoms with Crippen LogP contribution in [0.5, 0.6) is 23.0 Å². The van der Waals surface area contributed by atoms with Crippen LogP contribution in [0.25, 0.3) is 6.08 Å². The van der Waals surface area contributed by atoms with Gasteiger partial charge in [0.25, 0.3) is 0 Å². The number of hydrogen-bond acceptors (Lipinski definition) is 6. The highest BCUT2D eigenvalue weighted by Crippen LogP contribution is 2.36. The third-order valence-electron chi connectivity index (χ3n) is 4.87. The topological polar surface area (TPSA) is 71.1 Å². The third-order valence-corrected chi connectivity index (χ3v) is 4.87. The molecule has 0 amide bonds. The van der Waals surface area contributed by atoms with Gasteiger partial charge in [-0.1, -0.05) is 17.7 Å². The second-order valence-electron chi connectivity index (χ2n) is 6.96. The van der Waals surface area contributed by atoms with E-state index in [2.05, 4.69) is 0 Å². The van der Waals surface area contributed by atoms with Gasteiger partial charge in [0.2, 0.25) is 5.78 Å². The van der Waals surface area contributed by atoms with E-state index in [1.165, 1.54) is 13.2 Å². The summed E-state index contributed by atoms with van der Waals surface area (Å²) in [6.07, 6.45) is 1.61. The lowest BCUT2D eigenvalue weighted by molar-refractivity contribution is 0.0734. The maximum absolute atomic E-state index is 12.7. The number of Topliss-reactive ketones (excluding diaryl/α,β-unsaturated/α-hetero) is 1. The largest absolute Gasteiger partial charge is 0.497 e. The summed E-state index contributed by atoms with van der Waals surface area (Å²) in [5, 5.41) is 0. The minimum Gasteiger partial charge on any atom is -0.497 e. The molecule has 0 aromatic heterocycles. The molecule has 0 saturated heterocycles. The molecule has 6 nitrogen and oxygen atoms in total. The Kier molecular flexibility index (Phi) is 5.45. The van der Waals surface area contributed by atoms with E-state index in [4.69, 9.17) is 18.9 Å². The van der Waals surface area contributed by atoms with Crippen LogP contribution in [0, 0.1) is 6.92 Å². The van der Waals surface area contributed by atoms with E-state index in [0.717, 1.165) is 5.56 Å². The second kappa shape index (κ2) is 8.36. The standard InChI is InChI=1S/C25H20O6/c1-15-4-6-16(7-5-15)25(27)30-19-10-11-20-22(14-19)31-23(24(20)26)12-17-8-9-18(28-2)13-21(17)29-3/h4-14H,1-3H3/b23-12-. The predicted octanol–water partition coefficient (Wildman–Crippen LogP) is 4.85. The summed E-state index contributed by atoms with van der Waals surface area (Å²) < 4.78 is 21.8. The average molecular weight is 416 g/mol. The second-order valence-corrected chi connectivity index (χ2v) is 6.96. The summed E-state index contributed by atoms with van der Waals surface area (Å²) in [5.74, 6) is 1.22. The van der Waals surface area contributed by atoms with Crippen LogP contribution in [0.1, 0.15) is 31.8 Å². The Balaban J connectivity index is 1.56. The monoisotopic (exact) mass is 416 g/mol. The quantitative estimate of drug-likeness (QED) is 0.336. The number of ketones is 1. The van der Waals surface area contributed by atoms with Crippen LogP contribution in [0.3, 0.4) is 0 Å². The van der Waals surface area contributed by atoms with Crippen LogP contribution in [0.15, 0.2) is 66.4 Å². The molecule has 0 aliphatic carbocycles. The molecular formula is C25H20O6. The maximum Gasteiger partial charge on any atom is 0.343 e. The Morgan fingerprint density at radius 1 is 0.903 bits per heavy atom. The number of esters is 1. The number of rotatable bonds is 5. The minimum atomic E-state index is -0.483. The number of ether oxygens (including phenoxy) is 4. The molecule has 3 aromatic carbocycles. The van der Waals surface area contributed by atoms with Gasteiger partial charge in [-0.2, -0.15) is 0 Å². The third kappa shape index (κ3) is 4.14. The fraction of sp³-hybridized carbons (Fsp3) is 0.120. The van der Waals surface area contributed by atoms with E-state index >= 15 is 0 Å². The number of benzene rings is 3. The highest BCUT2D eigenvalue weighted by Gasteiger charge is 2.28. The van der Waals surface area contributed by atoms with Crippen molar-refractivity contribution in [2.45, 2.75) is 6.92 Å². The molecule has 6 heteroatoms. The summed E-state index contributed by atoms with van der Waals surface area (Å²) >= 11 is 0. The summed E-state index contributed by atoms with van der Waals surface area (Å²) in [6.45, 7) is 1.94. The van der Waals surface area contributed by atoms with E-state index in [0.29, 0.717) is 39.7 Å². The molecule has 0 spiro atoms. The Morgan fingerprint density at radius 3 is 2.35 bits per heavy atom. The molecular weight excluding hydrogens is 396 g/mol. The summed E-state index contributed by atoms with van der Waals surface area (Å²) in [7, 11) is 3.11. The van der Waals surface area contributed by atoms with Gasteiger partial charge in [0.1, 0.15) is 23.0 Å². The van der Waals surface area contributed by atoms with Gasteiger partial charge in [-0.3, -0.25) is 4.79 Å². The van der Waals surface area contributed by atoms with Crippen LogP contribution in [-0.4, -0.2) is 26.0 Å². The van der Waals surface area contributed by atoms with Crippen molar-refractivity contribution >= 4 is 17.8 Å². The van der Waals surface area contributed by atoms with Crippen LogP contribution in [-0.2, 0) is 0 Å². The van der Waals surface area contributed by atoms with Gasteiger partial charge in [0.05, 0.1) is 25.3 Å². The first kappa shape index (κ1) is 20.2. The number of hydrogen-bond donors (Lipinski definition) is 0. The van der Waals surface area contributed by atoms with Gasteiger partial charge < -0.3 is 18.9 Å². The zero-order valence-corrected chi connectivity index (χ0v) is 17.3. The Hall–Kier alpha value is -4.06. The number of aryl methyl sites for hydroxylation is 1. The molecule has 0 fully saturated rings. The predicted molar refractivity (Wildman–Crippen MR) is 115 cm³/mol. The van der Waals surface area contributed by atoms with Crippen molar-refractivity contribution in [3.63, 3.8) is 0 Å². The van der Waals surface area contributed by atoms with Gasteiger partial charge in [-0.05, 0) is 49.4 Å². The van der Waals surface area contributed by atoms with E-state index in [1.807, 2.05) is 19.1 Å². The SMILES string of the molecule is COc1ccc(/C=C2\Oc3cc(OC(=O)c4ccc(C)cc4)ccc3C2=O)c(OC)c1. The Morgan fingerprint density at radius 2 is 1.65 bits per heavy atom. The first-order valence-electron chi connectivity index (χ1n) is 9.57. The normalized spacial score (nSPS) is 13.5. The number of carbonyl (C=O) groups excluding carboxylic acids is 2. The number of carbonyl (C=O) groups is 2. The lowest BCUT2D eigenvalue weighted by Crippen LogP contribution is -2.08. The summed E-state index contributed by atoms with van der Waals surface area (Å²) in [5.41, 5.74) is 2.56. The summed E-state index contributed by atoms with van der Waals surface area (Å²) in [4.78, 5) is 25.1. The first-order chi connectivity index (χ1) is 15.0. The van der Waals surface area contributed by atoms with Crippen molar-refractivity contribution < 1.29 is 28.5 Å². The van der Waals surface area contributed by atoms with Gasteiger partial charge >= 0.3 is 5.97 Å².